The normalized spacial score (nSPS) is 21.8. The van der Waals surface area contributed by atoms with Gasteiger partial charge in [-0.05, 0) is 32.4 Å². The van der Waals surface area contributed by atoms with Crippen LogP contribution in [0.1, 0.15) is 31.7 Å². The number of hydrogen-bond donors (Lipinski definition) is 1. The van der Waals surface area contributed by atoms with Gasteiger partial charge in [-0.25, -0.2) is 4.98 Å². The molecule has 0 bridgehead atoms. The van der Waals surface area contributed by atoms with E-state index in [1.165, 1.54) is 5.69 Å². The lowest BCUT2D eigenvalue weighted by molar-refractivity contribution is 0.0334. The Hall–Kier alpha value is -1.43. The van der Waals surface area contributed by atoms with Crippen molar-refractivity contribution in [2.24, 2.45) is 0 Å². The second kappa shape index (κ2) is 6.99. The van der Waals surface area contributed by atoms with Crippen LogP contribution in [0, 0.1) is 6.92 Å². The third-order valence-electron chi connectivity index (χ3n) is 4.79. The van der Waals surface area contributed by atoms with Gasteiger partial charge >= 0.3 is 0 Å². The lowest BCUT2D eigenvalue weighted by Gasteiger charge is -2.41. The molecule has 2 aromatic rings. The summed E-state index contributed by atoms with van der Waals surface area (Å²) < 4.78 is 2.16. The fourth-order valence-electron chi connectivity index (χ4n) is 3.57. The monoisotopic (exact) mass is 316 g/mol. The van der Waals surface area contributed by atoms with Gasteiger partial charge in [0.2, 0.25) is 0 Å². The minimum absolute atomic E-state index is 0.253. The van der Waals surface area contributed by atoms with Crippen molar-refractivity contribution in [1.29, 1.82) is 0 Å². The third-order valence-corrected chi connectivity index (χ3v) is 4.79. The number of fused-ring (bicyclic) bond motifs is 1. The summed E-state index contributed by atoms with van der Waals surface area (Å²) in [4.78, 5) is 9.67. The Morgan fingerprint density at radius 3 is 2.87 bits per heavy atom. The largest absolute Gasteiger partial charge is 0.392 e. The summed E-state index contributed by atoms with van der Waals surface area (Å²) in [6.07, 6.45) is 3.03. The van der Waals surface area contributed by atoms with Gasteiger partial charge in [0.1, 0.15) is 5.65 Å². The van der Waals surface area contributed by atoms with Gasteiger partial charge in [0.15, 0.2) is 0 Å². The van der Waals surface area contributed by atoms with Crippen molar-refractivity contribution in [2.45, 2.75) is 45.9 Å². The molecule has 1 N–H and O–H groups in total. The number of piperazine rings is 1. The number of aliphatic hydroxyl groups is 1. The Morgan fingerprint density at radius 2 is 2.17 bits per heavy atom. The Labute approximate surface area is 138 Å². The molecule has 126 valence electrons. The van der Waals surface area contributed by atoms with Gasteiger partial charge in [-0.1, -0.05) is 13.0 Å². The Bertz CT molecular complexity index is 652. The lowest BCUT2D eigenvalue weighted by atomic mass is 10.1. The number of rotatable bonds is 5. The fourth-order valence-corrected chi connectivity index (χ4v) is 3.57. The molecule has 23 heavy (non-hydrogen) atoms. The molecular weight excluding hydrogens is 288 g/mol. The number of β-amino-alcohol motifs (C(OH)–C–C–N with tert-alkyl or cyclic N) is 1. The highest BCUT2D eigenvalue weighted by Crippen LogP contribution is 2.16. The number of hydrogen-bond acceptors (Lipinski definition) is 4. The quantitative estimate of drug-likeness (QED) is 0.915. The smallest absolute Gasteiger partial charge is 0.137 e. The molecule has 0 amide bonds. The first-order valence-electron chi connectivity index (χ1n) is 8.65. The molecule has 3 rings (SSSR count). The number of nitrogens with zero attached hydrogens (tertiary/aromatic N) is 4. The first-order chi connectivity index (χ1) is 11.1. The fraction of sp³-hybridized carbons (Fsp3) is 0.611. The molecule has 0 spiro atoms. The second-order valence-corrected chi connectivity index (χ2v) is 6.77. The predicted molar refractivity (Wildman–Crippen MR) is 92.5 cm³/mol. The van der Waals surface area contributed by atoms with E-state index < -0.39 is 0 Å². The highest BCUT2D eigenvalue weighted by atomic mass is 16.3. The van der Waals surface area contributed by atoms with E-state index in [4.69, 9.17) is 4.98 Å². The summed E-state index contributed by atoms with van der Waals surface area (Å²) in [5.74, 6) is 0. The standard InChI is InChI=1S/C18H28N4O/c1-4-17-13-20(8-9-21(17)10-15(3)23)11-16-12-22-14(2)6-5-7-18(22)19-16/h5-7,12,15,17,23H,4,8-11,13H2,1-3H3/t15-,17+/m0/s1. The van der Waals surface area contributed by atoms with Crippen LogP contribution in [0.5, 0.6) is 0 Å². The van der Waals surface area contributed by atoms with Gasteiger partial charge in [0, 0.05) is 50.7 Å². The van der Waals surface area contributed by atoms with Crippen LogP contribution in [0.2, 0.25) is 0 Å². The first-order valence-corrected chi connectivity index (χ1v) is 8.65. The molecule has 0 aromatic carbocycles. The molecule has 0 aliphatic carbocycles. The Balaban J connectivity index is 1.67. The molecular formula is C18H28N4O. The van der Waals surface area contributed by atoms with Crippen molar-refractivity contribution in [1.82, 2.24) is 19.2 Å². The van der Waals surface area contributed by atoms with E-state index in [2.05, 4.69) is 52.4 Å². The minimum atomic E-state index is -0.253. The SMILES string of the molecule is CC[C@@H]1CN(Cc2cn3c(C)cccc3n2)CCN1C[C@H](C)O. The molecule has 1 saturated heterocycles. The predicted octanol–water partition coefficient (Wildman–Crippen LogP) is 1.92. The van der Waals surface area contributed by atoms with E-state index in [0.717, 1.165) is 50.5 Å². The molecule has 0 saturated carbocycles. The summed E-state index contributed by atoms with van der Waals surface area (Å²) in [7, 11) is 0. The number of aryl methyl sites for hydroxylation is 1. The second-order valence-electron chi connectivity index (χ2n) is 6.77. The van der Waals surface area contributed by atoms with Gasteiger partial charge in [-0.3, -0.25) is 9.80 Å². The summed E-state index contributed by atoms with van der Waals surface area (Å²) in [6.45, 7) is 11.0. The van der Waals surface area contributed by atoms with Crippen molar-refractivity contribution in [2.75, 3.05) is 26.2 Å². The van der Waals surface area contributed by atoms with Crippen LogP contribution in [0.4, 0.5) is 0 Å². The molecule has 2 atom stereocenters. The molecule has 2 aromatic heterocycles. The van der Waals surface area contributed by atoms with E-state index in [0.29, 0.717) is 6.04 Å². The van der Waals surface area contributed by atoms with E-state index >= 15 is 0 Å². The summed E-state index contributed by atoms with van der Waals surface area (Å²) in [6, 6.07) is 6.76. The van der Waals surface area contributed by atoms with Crippen LogP contribution < -0.4 is 0 Å². The van der Waals surface area contributed by atoms with Crippen LogP contribution in [0.25, 0.3) is 5.65 Å². The maximum atomic E-state index is 9.66. The van der Waals surface area contributed by atoms with Crippen LogP contribution >= 0.6 is 0 Å². The lowest BCUT2D eigenvalue weighted by Crippen LogP contribution is -2.54. The van der Waals surface area contributed by atoms with Gasteiger partial charge in [-0.2, -0.15) is 0 Å². The van der Waals surface area contributed by atoms with Gasteiger partial charge < -0.3 is 9.51 Å². The van der Waals surface area contributed by atoms with Gasteiger partial charge in [0.05, 0.1) is 11.8 Å². The summed E-state index contributed by atoms with van der Waals surface area (Å²) in [5, 5.41) is 9.66. The maximum absolute atomic E-state index is 9.66. The molecule has 1 aliphatic rings. The molecule has 1 fully saturated rings. The van der Waals surface area contributed by atoms with Crippen molar-refractivity contribution >= 4 is 5.65 Å². The highest BCUT2D eigenvalue weighted by Gasteiger charge is 2.26. The topological polar surface area (TPSA) is 44.0 Å². The van der Waals surface area contributed by atoms with Crippen molar-refractivity contribution < 1.29 is 5.11 Å². The Kier molecular flexibility index (Phi) is 4.99. The van der Waals surface area contributed by atoms with Gasteiger partial charge in [-0.15, -0.1) is 0 Å². The van der Waals surface area contributed by atoms with Crippen molar-refractivity contribution in [3.05, 3.63) is 35.8 Å². The molecule has 5 nitrogen and oxygen atoms in total. The van der Waals surface area contributed by atoms with Crippen molar-refractivity contribution in [3.63, 3.8) is 0 Å². The molecule has 3 heterocycles. The zero-order valence-corrected chi connectivity index (χ0v) is 14.4. The van der Waals surface area contributed by atoms with E-state index in [1.807, 2.05) is 6.92 Å². The number of aliphatic hydroxyl groups excluding tert-OH is 1. The number of imidazole rings is 1. The van der Waals surface area contributed by atoms with E-state index in [9.17, 15) is 5.11 Å². The van der Waals surface area contributed by atoms with Crippen LogP contribution in [0.15, 0.2) is 24.4 Å². The van der Waals surface area contributed by atoms with E-state index in [1.54, 1.807) is 0 Å². The first kappa shape index (κ1) is 16.4. The average molecular weight is 316 g/mol. The maximum Gasteiger partial charge on any atom is 0.137 e. The highest BCUT2D eigenvalue weighted by molar-refractivity contribution is 5.41. The van der Waals surface area contributed by atoms with E-state index in [-0.39, 0.29) is 6.10 Å². The minimum Gasteiger partial charge on any atom is -0.392 e. The number of aromatic nitrogens is 2. The molecule has 1 aliphatic heterocycles. The van der Waals surface area contributed by atoms with Crippen LogP contribution in [0.3, 0.4) is 0 Å². The molecule has 5 heteroatoms. The van der Waals surface area contributed by atoms with Crippen LogP contribution in [-0.4, -0.2) is 62.6 Å². The van der Waals surface area contributed by atoms with Crippen LogP contribution in [-0.2, 0) is 6.54 Å². The number of pyridine rings is 1. The third kappa shape index (κ3) is 3.74. The van der Waals surface area contributed by atoms with Crippen molar-refractivity contribution in [3.8, 4) is 0 Å². The zero-order valence-electron chi connectivity index (χ0n) is 14.4. The van der Waals surface area contributed by atoms with Gasteiger partial charge in [0.25, 0.3) is 0 Å². The summed E-state index contributed by atoms with van der Waals surface area (Å²) >= 11 is 0. The summed E-state index contributed by atoms with van der Waals surface area (Å²) in [5.41, 5.74) is 3.38. The average Bonchev–Trinajstić information content (AvgIpc) is 2.92. The Morgan fingerprint density at radius 1 is 1.35 bits per heavy atom. The zero-order chi connectivity index (χ0) is 16.4. The molecule has 0 unspecified atom stereocenters. The molecule has 0 radical (unpaired) electrons.